The number of carbonyl (C=O) groups excluding carboxylic acids is 1. The van der Waals surface area contributed by atoms with E-state index in [0.717, 1.165) is 12.8 Å². The predicted octanol–water partition coefficient (Wildman–Crippen LogP) is 3.29. The third-order valence-corrected chi connectivity index (χ3v) is 3.06. The van der Waals surface area contributed by atoms with E-state index in [-0.39, 0.29) is 11.9 Å². The lowest BCUT2D eigenvalue weighted by molar-refractivity contribution is -0.145. The van der Waals surface area contributed by atoms with Crippen molar-refractivity contribution >= 4 is 12.0 Å². The van der Waals surface area contributed by atoms with E-state index in [9.17, 15) is 4.79 Å². The van der Waals surface area contributed by atoms with Gasteiger partial charge in [0.05, 0.1) is 12.5 Å². The van der Waals surface area contributed by atoms with E-state index in [4.69, 9.17) is 4.74 Å². The average Bonchev–Trinajstić information content (AvgIpc) is 3.10. The minimum absolute atomic E-state index is 0.0226. The van der Waals surface area contributed by atoms with E-state index in [0.29, 0.717) is 12.5 Å². The zero-order valence-electron chi connectivity index (χ0n) is 10.1. The molecule has 1 aliphatic carbocycles. The molecule has 2 unspecified atom stereocenters. The van der Waals surface area contributed by atoms with Crippen molar-refractivity contribution in [1.82, 2.24) is 0 Å². The zero-order chi connectivity index (χ0) is 12.1. The number of ether oxygens (including phenoxy) is 1. The molecule has 2 atom stereocenters. The van der Waals surface area contributed by atoms with Crippen molar-refractivity contribution in [1.29, 1.82) is 0 Å². The van der Waals surface area contributed by atoms with Crippen molar-refractivity contribution in [3.63, 3.8) is 0 Å². The van der Waals surface area contributed by atoms with E-state index in [2.05, 4.69) is 24.3 Å². The summed E-state index contributed by atoms with van der Waals surface area (Å²) in [7, 11) is 0. The van der Waals surface area contributed by atoms with E-state index in [1.165, 1.54) is 5.56 Å². The second kappa shape index (κ2) is 5.67. The zero-order valence-corrected chi connectivity index (χ0v) is 10.1. The van der Waals surface area contributed by atoms with Crippen LogP contribution in [-0.2, 0) is 9.53 Å². The highest BCUT2D eigenvalue weighted by Gasteiger charge is 2.42. The van der Waals surface area contributed by atoms with Gasteiger partial charge in [-0.3, -0.25) is 4.79 Å². The minimum atomic E-state index is -0.0226. The highest BCUT2D eigenvalue weighted by Crippen LogP contribution is 2.42. The Morgan fingerprint density at radius 1 is 1.41 bits per heavy atom. The molecule has 0 aliphatic heterocycles. The van der Waals surface area contributed by atoms with Crippen molar-refractivity contribution in [2.45, 2.75) is 19.8 Å². The molecule has 0 bridgehead atoms. The Morgan fingerprint density at radius 3 is 2.88 bits per heavy atom. The molecule has 1 aromatic rings. The number of allylic oxidation sites excluding steroid dienone is 1. The van der Waals surface area contributed by atoms with Crippen LogP contribution < -0.4 is 0 Å². The molecule has 2 heteroatoms. The summed E-state index contributed by atoms with van der Waals surface area (Å²) in [6.07, 6.45) is 6.22. The normalized spacial score (nSPS) is 22.6. The van der Waals surface area contributed by atoms with Gasteiger partial charge >= 0.3 is 5.97 Å². The Kier molecular flexibility index (Phi) is 3.97. The lowest BCUT2D eigenvalue weighted by Crippen LogP contribution is -2.07. The molecule has 2 nitrogen and oxygen atoms in total. The minimum Gasteiger partial charge on any atom is -0.466 e. The molecule has 0 saturated heterocycles. The van der Waals surface area contributed by atoms with Crippen molar-refractivity contribution in [3.05, 3.63) is 42.0 Å². The Bertz CT molecular complexity index is 395. The molecule has 0 aromatic heterocycles. The van der Waals surface area contributed by atoms with Crippen molar-refractivity contribution in [3.8, 4) is 0 Å². The van der Waals surface area contributed by atoms with Crippen LogP contribution in [0, 0.1) is 11.8 Å². The molecule has 17 heavy (non-hydrogen) atoms. The van der Waals surface area contributed by atoms with Gasteiger partial charge in [-0.15, -0.1) is 0 Å². The van der Waals surface area contributed by atoms with Crippen molar-refractivity contribution in [2.24, 2.45) is 11.8 Å². The van der Waals surface area contributed by atoms with Gasteiger partial charge < -0.3 is 4.74 Å². The lowest BCUT2D eigenvalue weighted by atomic mass is 10.1. The van der Waals surface area contributed by atoms with Crippen LogP contribution >= 0.6 is 0 Å². The van der Waals surface area contributed by atoms with Gasteiger partial charge in [-0.05, 0) is 31.2 Å². The number of rotatable bonds is 5. The van der Waals surface area contributed by atoms with Gasteiger partial charge in [0.2, 0.25) is 0 Å². The van der Waals surface area contributed by atoms with Gasteiger partial charge in [0.1, 0.15) is 0 Å². The third kappa shape index (κ3) is 3.45. The molecular weight excluding hydrogens is 212 g/mol. The van der Waals surface area contributed by atoms with Gasteiger partial charge in [0.25, 0.3) is 0 Å². The topological polar surface area (TPSA) is 26.3 Å². The first-order valence-corrected chi connectivity index (χ1v) is 6.19. The molecule has 90 valence electrons. The largest absolute Gasteiger partial charge is 0.466 e. The Hall–Kier alpha value is -1.57. The molecule has 0 spiro atoms. The second-order valence-corrected chi connectivity index (χ2v) is 4.40. The number of esters is 1. The summed E-state index contributed by atoms with van der Waals surface area (Å²) in [6, 6.07) is 10.2. The number of hydrogen-bond acceptors (Lipinski definition) is 2. The summed E-state index contributed by atoms with van der Waals surface area (Å²) >= 11 is 0. The quantitative estimate of drug-likeness (QED) is 0.725. The highest BCUT2D eigenvalue weighted by atomic mass is 16.5. The molecule has 1 fully saturated rings. The summed E-state index contributed by atoms with van der Waals surface area (Å²) in [5, 5.41) is 0. The van der Waals surface area contributed by atoms with Crippen LogP contribution in [0.2, 0.25) is 0 Å². The SMILES string of the molecule is CCOC(=O)C1CC1CC=Cc1ccccc1. The van der Waals surface area contributed by atoms with Crippen LogP contribution in [0.15, 0.2) is 36.4 Å². The maximum Gasteiger partial charge on any atom is 0.309 e. The predicted molar refractivity (Wildman–Crippen MR) is 68.3 cm³/mol. The Balaban J connectivity index is 1.74. The first-order chi connectivity index (χ1) is 8.31. The maximum atomic E-state index is 11.4. The van der Waals surface area contributed by atoms with Crippen LogP contribution in [0.25, 0.3) is 6.08 Å². The van der Waals surface area contributed by atoms with Gasteiger partial charge in [-0.1, -0.05) is 42.5 Å². The fourth-order valence-corrected chi connectivity index (χ4v) is 1.99. The fourth-order valence-electron chi connectivity index (χ4n) is 1.99. The molecule has 1 aromatic carbocycles. The smallest absolute Gasteiger partial charge is 0.309 e. The Labute approximate surface area is 102 Å². The first kappa shape index (κ1) is 11.9. The molecule has 0 radical (unpaired) electrons. The van der Waals surface area contributed by atoms with E-state index < -0.39 is 0 Å². The highest BCUT2D eigenvalue weighted by molar-refractivity contribution is 5.75. The lowest BCUT2D eigenvalue weighted by Gasteiger charge is -1.98. The Morgan fingerprint density at radius 2 is 2.18 bits per heavy atom. The van der Waals surface area contributed by atoms with Crippen molar-refractivity contribution < 1.29 is 9.53 Å². The third-order valence-electron chi connectivity index (χ3n) is 3.06. The second-order valence-electron chi connectivity index (χ2n) is 4.40. The van der Waals surface area contributed by atoms with Crippen LogP contribution in [0.5, 0.6) is 0 Å². The average molecular weight is 230 g/mol. The van der Waals surface area contributed by atoms with Crippen LogP contribution in [0.4, 0.5) is 0 Å². The summed E-state index contributed by atoms with van der Waals surface area (Å²) in [5.41, 5.74) is 1.21. The molecule has 0 heterocycles. The van der Waals surface area contributed by atoms with Crippen LogP contribution in [0.1, 0.15) is 25.3 Å². The fraction of sp³-hybridized carbons (Fsp3) is 0.400. The number of hydrogen-bond donors (Lipinski definition) is 0. The van der Waals surface area contributed by atoms with Gasteiger partial charge in [-0.25, -0.2) is 0 Å². The van der Waals surface area contributed by atoms with Crippen LogP contribution in [0.3, 0.4) is 0 Å². The van der Waals surface area contributed by atoms with Gasteiger partial charge in [0.15, 0.2) is 0 Å². The van der Waals surface area contributed by atoms with E-state index in [1.54, 1.807) is 0 Å². The summed E-state index contributed by atoms with van der Waals surface area (Å²) in [4.78, 5) is 11.4. The van der Waals surface area contributed by atoms with E-state index in [1.807, 2.05) is 25.1 Å². The number of carbonyl (C=O) groups is 1. The van der Waals surface area contributed by atoms with Gasteiger partial charge in [-0.2, -0.15) is 0 Å². The summed E-state index contributed by atoms with van der Waals surface area (Å²) in [5.74, 6) is 0.620. The molecule has 1 aliphatic rings. The molecular formula is C15H18O2. The maximum absolute atomic E-state index is 11.4. The van der Waals surface area contributed by atoms with Crippen molar-refractivity contribution in [2.75, 3.05) is 6.61 Å². The number of benzene rings is 1. The first-order valence-electron chi connectivity index (χ1n) is 6.19. The monoisotopic (exact) mass is 230 g/mol. The molecule has 0 N–H and O–H groups in total. The standard InChI is InChI=1S/C15H18O2/c1-2-17-15(16)14-11-13(14)10-6-9-12-7-4-3-5-8-12/h3-9,13-14H,2,10-11H2,1H3. The molecule has 0 amide bonds. The van der Waals surface area contributed by atoms with E-state index >= 15 is 0 Å². The van der Waals surface area contributed by atoms with Crippen LogP contribution in [-0.4, -0.2) is 12.6 Å². The summed E-state index contributed by atoms with van der Waals surface area (Å²) in [6.45, 7) is 2.34. The molecule has 1 saturated carbocycles. The molecule has 2 rings (SSSR count). The summed E-state index contributed by atoms with van der Waals surface area (Å²) < 4.78 is 5.00. The van der Waals surface area contributed by atoms with Gasteiger partial charge in [0, 0.05) is 0 Å².